The maximum atomic E-state index is 12.8. The molecule has 0 radical (unpaired) electrons. The Morgan fingerprint density at radius 2 is 1.81 bits per heavy atom. The number of ether oxygens (including phenoxy) is 1. The number of rotatable bonds is 5. The van der Waals surface area contributed by atoms with E-state index in [9.17, 15) is 13.2 Å². The lowest BCUT2D eigenvalue weighted by Crippen LogP contribution is -2.36. The van der Waals surface area contributed by atoms with Gasteiger partial charge >= 0.3 is 6.18 Å². The van der Waals surface area contributed by atoms with Gasteiger partial charge in [-0.15, -0.1) is 0 Å². The molecule has 3 rings (SSSR count). The van der Waals surface area contributed by atoms with Crippen LogP contribution in [0.15, 0.2) is 53.0 Å². The molecule has 0 unspecified atom stereocenters. The SMILES string of the molecule is FC(F)(F)c1ccc(O[C@@H](C[C@H]2CCCCN2)c2ccccc2Br)cc1. The third kappa shape index (κ3) is 5.01. The van der Waals surface area contributed by atoms with Crippen molar-refractivity contribution in [3.63, 3.8) is 0 Å². The lowest BCUT2D eigenvalue weighted by atomic mass is 9.95. The maximum Gasteiger partial charge on any atom is 0.416 e. The van der Waals surface area contributed by atoms with Crippen LogP contribution < -0.4 is 10.1 Å². The Balaban J connectivity index is 1.80. The molecular formula is C20H21BrF3NO. The molecule has 0 amide bonds. The number of benzene rings is 2. The van der Waals surface area contributed by atoms with Gasteiger partial charge in [-0.25, -0.2) is 0 Å². The summed E-state index contributed by atoms with van der Waals surface area (Å²) in [5.41, 5.74) is 0.330. The normalized spacial score (nSPS) is 19.2. The van der Waals surface area contributed by atoms with E-state index in [4.69, 9.17) is 4.74 Å². The van der Waals surface area contributed by atoms with Crippen molar-refractivity contribution in [2.24, 2.45) is 0 Å². The minimum absolute atomic E-state index is 0.238. The summed E-state index contributed by atoms with van der Waals surface area (Å²) in [6.07, 6.45) is -0.373. The second-order valence-electron chi connectivity index (χ2n) is 6.53. The van der Waals surface area contributed by atoms with Crippen molar-refractivity contribution < 1.29 is 17.9 Å². The smallest absolute Gasteiger partial charge is 0.416 e. The third-order valence-corrected chi connectivity index (χ3v) is 5.35. The molecular weight excluding hydrogens is 407 g/mol. The molecule has 2 atom stereocenters. The molecule has 0 bridgehead atoms. The number of halogens is 4. The molecule has 26 heavy (non-hydrogen) atoms. The highest BCUT2D eigenvalue weighted by Gasteiger charge is 2.30. The van der Waals surface area contributed by atoms with Crippen LogP contribution in [0.2, 0.25) is 0 Å². The summed E-state index contributed by atoms with van der Waals surface area (Å²) in [6.45, 7) is 0.994. The average Bonchev–Trinajstić information content (AvgIpc) is 2.62. The Morgan fingerprint density at radius 3 is 2.42 bits per heavy atom. The number of alkyl halides is 3. The van der Waals surface area contributed by atoms with Crippen molar-refractivity contribution in [1.82, 2.24) is 5.32 Å². The van der Waals surface area contributed by atoms with Crippen LogP contribution in [0.4, 0.5) is 13.2 Å². The van der Waals surface area contributed by atoms with Gasteiger partial charge in [-0.05, 0) is 49.7 Å². The molecule has 2 aromatic rings. The maximum absolute atomic E-state index is 12.8. The van der Waals surface area contributed by atoms with Crippen molar-refractivity contribution in [2.45, 2.75) is 44.0 Å². The first kappa shape index (κ1) is 19.2. The summed E-state index contributed by atoms with van der Waals surface area (Å²) < 4.78 is 45.3. The minimum Gasteiger partial charge on any atom is -0.486 e. The fraction of sp³-hybridized carbons (Fsp3) is 0.400. The second-order valence-corrected chi connectivity index (χ2v) is 7.39. The van der Waals surface area contributed by atoms with Crippen LogP contribution in [0.1, 0.15) is 42.9 Å². The van der Waals surface area contributed by atoms with E-state index in [1.807, 2.05) is 24.3 Å². The second kappa shape index (κ2) is 8.44. The van der Waals surface area contributed by atoms with Crippen LogP contribution >= 0.6 is 15.9 Å². The van der Waals surface area contributed by atoms with E-state index >= 15 is 0 Å². The quantitative estimate of drug-likeness (QED) is 0.620. The van der Waals surface area contributed by atoms with Gasteiger partial charge in [0.1, 0.15) is 11.9 Å². The first-order chi connectivity index (χ1) is 12.4. The Morgan fingerprint density at radius 1 is 1.08 bits per heavy atom. The van der Waals surface area contributed by atoms with E-state index in [-0.39, 0.29) is 6.10 Å². The first-order valence-electron chi connectivity index (χ1n) is 8.75. The standard InChI is InChI=1S/C20H21BrF3NO/c21-18-7-2-1-6-17(18)19(13-15-5-3-4-12-25-15)26-16-10-8-14(9-11-16)20(22,23)24/h1-2,6-11,15,19,25H,3-5,12-13H2/t15-,19+/m1/s1. The highest BCUT2D eigenvalue weighted by atomic mass is 79.9. The molecule has 1 saturated heterocycles. The summed E-state index contributed by atoms with van der Waals surface area (Å²) in [7, 11) is 0. The van der Waals surface area contributed by atoms with Crippen LogP contribution in [0.25, 0.3) is 0 Å². The highest BCUT2D eigenvalue weighted by molar-refractivity contribution is 9.10. The molecule has 0 saturated carbocycles. The van der Waals surface area contributed by atoms with Gasteiger partial charge in [-0.1, -0.05) is 40.5 Å². The van der Waals surface area contributed by atoms with Crippen molar-refractivity contribution in [2.75, 3.05) is 6.54 Å². The van der Waals surface area contributed by atoms with E-state index in [0.717, 1.165) is 41.6 Å². The van der Waals surface area contributed by atoms with Crippen LogP contribution in [0, 0.1) is 0 Å². The zero-order valence-electron chi connectivity index (χ0n) is 14.2. The van der Waals surface area contributed by atoms with Crippen molar-refractivity contribution in [3.05, 3.63) is 64.1 Å². The van der Waals surface area contributed by atoms with E-state index < -0.39 is 11.7 Å². The number of hydrogen-bond donors (Lipinski definition) is 1. The molecule has 0 aliphatic carbocycles. The third-order valence-electron chi connectivity index (χ3n) is 4.62. The van der Waals surface area contributed by atoms with Crippen molar-refractivity contribution >= 4 is 15.9 Å². The van der Waals surface area contributed by atoms with Gasteiger partial charge in [0.15, 0.2) is 0 Å². The van der Waals surface area contributed by atoms with Gasteiger partial charge in [0.05, 0.1) is 5.56 Å². The summed E-state index contributed by atoms with van der Waals surface area (Å²) in [5.74, 6) is 0.439. The van der Waals surface area contributed by atoms with Crippen LogP contribution in [-0.2, 0) is 6.18 Å². The molecule has 0 spiro atoms. The van der Waals surface area contributed by atoms with Gasteiger partial charge in [0.2, 0.25) is 0 Å². The average molecular weight is 428 g/mol. The molecule has 0 aromatic heterocycles. The summed E-state index contributed by atoms with van der Waals surface area (Å²) in [6, 6.07) is 13.1. The Labute approximate surface area is 159 Å². The molecule has 2 nitrogen and oxygen atoms in total. The zero-order valence-corrected chi connectivity index (χ0v) is 15.8. The molecule has 6 heteroatoms. The van der Waals surface area contributed by atoms with Crippen LogP contribution in [0.5, 0.6) is 5.75 Å². The van der Waals surface area contributed by atoms with Crippen molar-refractivity contribution in [1.29, 1.82) is 0 Å². The monoisotopic (exact) mass is 427 g/mol. The van der Waals surface area contributed by atoms with Gasteiger partial charge in [0, 0.05) is 22.5 Å². The van der Waals surface area contributed by atoms with E-state index in [1.54, 1.807) is 0 Å². The predicted octanol–water partition coefficient (Wildman–Crippen LogP) is 6.12. The summed E-state index contributed by atoms with van der Waals surface area (Å²) in [5, 5.41) is 3.51. The first-order valence-corrected chi connectivity index (χ1v) is 9.54. The lowest BCUT2D eigenvalue weighted by Gasteiger charge is -2.29. The number of piperidine rings is 1. The predicted molar refractivity (Wildman–Crippen MR) is 99.2 cm³/mol. The summed E-state index contributed by atoms with van der Waals surface area (Å²) >= 11 is 3.56. The largest absolute Gasteiger partial charge is 0.486 e. The Kier molecular flexibility index (Phi) is 6.24. The van der Waals surface area contributed by atoms with Crippen LogP contribution in [-0.4, -0.2) is 12.6 Å². The molecule has 2 aromatic carbocycles. The highest BCUT2D eigenvalue weighted by Crippen LogP contribution is 2.34. The van der Waals surface area contributed by atoms with E-state index in [2.05, 4.69) is 21.2 Å². The zero-order chi connectivity index (χ0) is 18.6. The minimum atomic E-state index is -4.34. The van der Waals surface area contributed by atoms with Crippen molar-refractivity contribution in [3.8, 4) is 5.75 Å². The topological polar surface area (TPSA) is 21.3 Å². The number of hydrogen-bond acceptors (Lipinski definition) is 2. The molecule has 1 fully saturated rings. The lowest BCUT2D eigenvalue weighted by molar-refractivity contribution is -0.137. The molecule has 1 N–H and O–H groups in total. The van der Waals surface area contributed by atoms with Gasteiger partial charge < -0.3 is 10.1 Å². The van der Waals surface area contributed by atoms with E-state index in [1.165, 1.54) is 25.0 Å². The van der Waals surface area contributed by atoms with E-state index in [0.29, 0.717) is 11.8 Å². The molecule has 1 aliphatic rings. The Hall–Kier alpha value is -1.53. The van der Waals surface area contributed by atoms with Gasteiger partial charge in [-0.3, -0.25) is 0 Å². The molecule has 140 valence electrons. The number of nitrogens with one attached hydrogen (secondary N) is 1. The fourth-order valence-electron chi connectivity index (χ4n) is 3.25. The fourth-order valence-corrected chi connectivity index (χ4v) is 3.79. The Bertz CT molecular complexity index is 712. The molecule has 1 aliphatic heterocycles. The molecule has 1 heterocycles. The van der Waals surface area contributed by atoms with Gasteiger partial charge in [0.25, 0.3) is 0 Å². The van der Waals surface area contributed by atoms with Gasteiger partial charge in [-0.2, -0.15) is 13.2 Å². The van der Waals surface area contributed by atoms with Crippen LogP contribution in [0.3, 0.4) is 0 Å². The summed E-state index contributed by atoms with van der Waals surface area (Å²) in [4.78, 5) is 0.